The molecule has 0 aliphatic heterocycles. The lowest BCUT2D eigenvalue weighted by Crippen LogP contribution is -2.05. The molecule has 0 spiro atoms. The standard InChI is InChI=1S/C22H17N5S/c1-2-4-19-13(3-1)10-20(28-19)14-9-16-17(12-25-21(16)24-11-14)18-7-8-23-22(27-18)26-15-5-6-15/h1-4,7-12,15H,5-6H2,(H,24,25)(H,23,26,27). The number of pyridine rings is 1. The summed E-state index contributed by atoms with van der Waals surface area (Å²) in [5.74, 6) is 0.697. The van der Waals surface area contributed by atoms with Crippen molar-refractivity contribution >= 4 is 38.4 Å². The third-order valence-corrected chi connectivity index (χ3v) is 6.25. The monoisotopic (exact) mass is 383 g/mol. The average molecular weight is 383 g/mol. The number of nitrogens with zero attached hydrogens (tertiary/aromatic N) is 3. The van der Waals surface area contributed by atoms with E-state index in [1.54, 1.807) is 11.3 Å². The Balaban J connectivity index is 1.45. The van der Waals surface area contributed by atoms with Crippen LogP contribution in [0, 0.1) is 0 Å². The largest absolute Gasteiger partial charge is 0.351 e. The maximum absolute atomic E-state index is 4.72. The van der Waals surface area contributed by atoms with Crippen molar-refractivity contribution in [3.8, 4) is 21.7 Å². The van der Waals surface area contributed by atoms with Crippen molar-refractivity contribution in [2.75, 3.05) is 5.32 Å². The molecule has 1 aromatic carbocycles. The summed E-state index contributed by atoms with van der Waals surface area (Å²) in [6.45, 7) is 0. The molecule has 28 heavy (non-hydrogen) atoms. The van der Waals surface area contributed by atoms with Gasteiger partial charge >= 0.3 is 0 Å². The summed E-state index contributed by atoms with van der Waals surface area (Å²) < 4.78 is 1.29. The Hall–Kier alpha value is -3.25. The Bertz CT molecular complexity index is 1280. The molecule has 0 unspecified atom stereocenters. The fraction of sp³-hybridized carbons (Fsp3) is 0.136. The quantitative estimate of drug-likeness (QED) is 0.431. The van der Waals surface area contributed by atoms with Gasteiger partial charge in [-0.2, -0.15) is 0 Å². The van der Waals surface area contributed by atoms with Crippen molar-refractivity contribution in [2.45, 2.75) is 18.9 Å². The lowest BCUT2D eigenvalue weighted by molar-refractivity contribution is 1.06. The van der Waals surface area contributed by atoms with Crippen molar-refractivity contribution in [2.24, 2.45) is 0 Å². The van der Waals surface area contributed by atoms with E-state index in [4.69, 9.17) is 4.98 Å². The molecule has 5 nitrogen and oxygen atoms in total. The number of hydrogen-bond donors (Lipinski definition) is 2. The van der Waals surface area contributed by atoms with Crippen molar-refractivity contribution in [1.82, 2.24) is 19.9 Å². The van der Waals surface area contributed by atoms with Crippen molar-refractivity contribution < 1.29 is 0 Å². The Morgan fingerprint density at radius 3 is 2.89 bits per heavy atom. The van der Waals surface area contributed by atoms with Crippen LogP contribution in [-0.2, 0) is 0 Å². The topological polar surface area (TPSA) is 66.5 Å². The molecule has 1 aliphatic carbocycles. The molecular weight excluding hydrogens is 366 g/mol. The number of H-pyrrole nitrogens is 1. The summed E-state index contributed by atoms with van der Waals surface area (Å²) in [6.07, 6.45) is 8.13. The molecule has 136 valence electrons. The van der Waals surface area contributed by atoms with Crippen LogP contribution in [0.4, 0.5) is 5.95 Å². The molecule has 0 amide bonds. The molecule has 6 heteroatoms. The van der Waals surface area contributed by atoms with Gasteiger partial charge in [0.05, 0.1) is 5.69 Å². The SMILES string of the molecule is c1ccc2sc(-c3cnc4[nH]cc(-c5ccnc(NC6CC6)n5)c4c3)cc2c1. The number of aromatic nitrogens is 4. The van der Waals surface area contributed by atoms with Crippen LogP contribution < -0.4 is 5.32 Å². The Kier molecular flexibility index (Phi) is 3.46. The molecule has 6 rings (SSSR count). The van der Waals surface area contributed by atoms with Gasteiger partial charge in [0, 0.05) is 50.7 Å². The Morgan fingerprint density at radius 2 is 2.00 bits per heavy atom. The number of anilines is 1. The molecule has 4 aromatic heterocycles. The fourth-order valence-corrected chi connectivity index (χ4v) is 4.51. The van der Waals surface area contributed by atoms with E-state index in [0.29, 0.717) is 12.0 Å². The summed E-state index contributed by atoms with van der Waals surface area (Å²) in [6, 6.07) is 15.4. The summed E-state index contributed by atoms with van der Waals surface area (Å²) in [7, 11) is 0. The second kappa shape index (κ2) is 6.14. The lowest BCUT2D eigenvalue weighted by Gasteiger charge is -2.05. The minimum atomic E-state index is 0.527. The highest BCUT2D eigenvalue weighted by Gasteiger charge is 2.22. The van der Waals surface area contributed by atoms with Crippen LogP contribution >= 0.6 is 11.3 Å². The van der Waals surface area contributed by atoms with Gasteiger partial charge in [0.25, 0.3) is 0 Å². The lowest BCUT2D eigenvalue weighted by atomic mass is 10.1. The smallest absolute Gasteiger partial charge is 0.223 e. The fourth-order valence-electron chi connectivity index (χ4n) is 3.46. The van der Waals surface area contributed by atoms with E-state index in [9.17, 15) is 0 Å². The van der Waals surface area contributed by atoms with Gasteiger partial charge in [-0.3, -0.25) is 0 Å². The number of nitrogens with one attached hydrogen (secondary N) is 2. The number of thiophene rings is 1. The number of fused-ring (bicyclic) bond motifs is 2. The summed E-state index contributed by atoms with van der Waals surface area (Å²) in [4.78, 5) is 18.2. The first-order valence-corrected chi connectivity index (χ1v) is 10.2. The van der Waals surface area contributed by atoms with Crippen molar-refractivity contribution in [3.63, 3.8) is 0 Å². The van der Waals surface area contributed by atoms with E-state index < -0.39 is 0 Å². The zero-order chi connectivity index (χ0) is 18.5. The molecule has 4 heterocycles. The second-order valence-corrected chi connectivity index (χ2v) is 8.24. The number of aromatic amines is 1. The van der Waals surface area contributed by atoms with Gasteiger partial charge in [-0.25, -0.2) is 15.0 Å². The predicted molar refractivity (Wildman–Crippen MR) is 115 cm³/mol. The highest BCUT2D eigenvalue weighted by Crippen LogP contribution is 2.36. The number of rotatable bonds is 4. The maximum atomic E-state index is 4.72. The van der Waals surface area contributed by atoms with Crippen molar-refractivity contribution in [1.29, 1.82) is 0 Å². The first-order chi connectivity index (χ1) is 13.8. The predicted octanol–water partition coefficient (Wildman–Crippen LogP) is 5.48. The first-order valence-electron chi connectivity index (χ1n) is 9.39. The van der Waals surface area contributed by atoms with Crippen LogP contribution in [-0.4, -0.2) is 26.0 Å². The van der Waals surface area contributed by atoms with Gasteiger partial charge in [-0.05, 0) is 42.5 Å². The van der Waals surface area contributed by atoms with E-state index in [-0.39, 0.29) is 0 Å². The molecule has 1 saturated carbocycles. The number of benzene rings is 1. The third kappa shape index (κ3) is 2.73. The molecule has 0 saturated heterocycles. The van der Waals surface area contributed by atoms with Gasteiger partial charge in [0.15, 0.2) is 0 Å². The van der Waals surface area contributed by atoms with Crippen LogP contribution in [0.15, 0.2) is 61.1 Å². The zero-order valence-corrected chi connectivity index (χ0v) is 15.8. The van der Waals surface area contributed by atoms with E-state index in [1.165, 1.54) is 27.8 Å². The zero-order valence-electron chi connectivity index (χ0n) is 15.0. The second-order valence-electron chi connectivity index (χ2n) is 7.16. The Labute approximate surface area is 165 Å². The molecule has 0 atom stereocenters. The van der Waals surface area contributed by atoms with Crippen molar-refractivity contribution in [3.05, 3.63) is 61.1 Å². The van der Waals surface area contributed by atoms with Gasteiger partial charge in [-0.1, -0.05) is 18.2 Å². The van der Waals surface area contributed by atoms with Gasteiger partial charge in [-0.15, -0.1) is 11.3 Å². The maximum Gasteiger partial charge on any atom is 0.223 e. The van der Waals surface area contributed by atoms with Gasteiger partial charge in [0.1, 0.15) is 5.65 Å². The van der Waals surface area contributed by atoms with Crippen LogP contribution in [0.3, 0.4) is 0 Å². The number of hydrogen-bond acceptors (Lipinski definition) is 5. The van der Waals surface area contributed by atoms with Crippen LogP contribution in [0.1, 0.15) is 12.8 Å². The van der Waals surface area contributed by atoms with Crippen LogP contribution in [0.2, 0.25) is 0 Å². The van der Waals surface area contributed by atoms with E-state index in [1.807, 2.05) is 24.7 Å². The van der Waals surface area contributed by atoms with Gasteiger partial charge in [0.2, 0.25) is 5.95 Å². The van der Waals surface area contributed by atoms with E-state index >= 15 is 0 Å². The summed E-state index contributed by atoms with van der Waals surface area (Å²) in [5, 5.41) is 5.71. The molecule has 0 bridgehead atoms. The van der Waals surface area contributed by atoms with Crippen LogP contribution in [0.5, 0.6) is 0 Å². The normalized spacial score (nSPS) is 14.0. The molecule has 0 radical (unpaired) electrons. The average Bonchev–Trinajstić information content (AvgIpc) is 3.28. The minimum absolute atomic E-state index is 0.527. The summed E-state index contributed by atoms with van der Waals surface area (Å²) >= 11 is 1.79. The molecule has 5 aromatic rings. The Morgan fingerprint density at radius 1 is 1.07 bits per heavy atom. The molecule has 1 aliphatic rings. The van der Waals surface area contributed by atoms with E-state index in [0.717, 1.165) is 27.9 Å². The highest BCUT2D eigenvalue weighted by atomic mass is 32.1. The van der Waals surface area contributed by atoms with E-state index in [2.05, 4.69) is 56.7 Å². The van der Waals surface area contributed by atoms with Crippen LogP contribution in [0.25, 0.3) is 42.8 Å². The molecular formula is C22H17N5S. The summed E-state index contributed by atoms with van der Waals surface area (Å²) in [5.41, 5.74) is 3.95. The first kappa shape index (κ1) is 15.8. The minimum Gasteiger partial charge on any atom is -0.351 e. The molecule has 2 N–H and O–H groups in total. The van der Waals surface area contributed by atoms with Gasteiger partial charge < -0.3 is 10.3 Å². The third-order valence-electron chi connectivity index (χ3n) is 5.08. The molecule has 1 fully saturated rings. The highest BCUT2D eigenvalue weighted by molar-refractivity contribution is 7.22.